The summed E-state index contributed by atoms with van der Waals surface area (Å²) >= 11 is 0. The second-order valence-corrected chi connectivity index (χ2v) is 6.06. The summed E-state index contributed by atoms with van der Waals surface area (Å²) in [5.74, 6) is -2.85. The summed E-state index contributed by atoms with van der Waals surface area (Å²) < 4.78 is 40.1. The molecule has 4 heteroatoms. The van der Waals surface area contributed by atoms with E-state index in [2.05, 4.69) is 5.32 Å². The Bertz CT molecular complexity index is 424. The van der Waals surface area contributed by atoms with Gasteiger partial charge in [-0.3, -0.25) is 0 Å². The Morgan fingerprint density at radius 1 is 1.05 bits per heavy atom. The lowest BCUT2D eigenvalue weighted by Gasteiger charge is -2.27. The fraction of sp³-hybridized carbons (Fsp3) is 0.600. The Labute approximate surface area is 113 Å². The van der Waals surface area contributed by atoms with E-state index in [0.717, 1.165) is 12.5 Å². The number of hydrogen-bond acceptors (Lipinski definition) is 1. The molecule has 0 bridgehead atoms. The SMILES string of the molecule is CCCNC(CC(C)(C)C)c1cc(F)c(F)cc1F. The molecule has 0 aromatic heterocycles. The molecule has 1 aromatic carbocycles. The Kier molecular flexibility index (Phi) is 5.41. The van der Waals surface area contributed by atoms with Crippen molar-refractivity contribution in [2.45, 2.75) is 46.6 Å². The molecule has 0 aliphatic carbocycles. The predicted molar refractivity (Wildman–Crippen MR) is 71.4 cm³/mol. The van der Waals surface area contributed by atoms with Crippen molar-refractivity contribution < 1.29 is 13.2 Å². The van der Waals surface area contributed by atoms with Crippen molar-refractivity contribution in [3.8, 4) is 0 Å². The van der Waals surface area contributed by atoms with E-state index < -0.39 is 17.5 Å². The molecule has 1 rings (SSSR count). The van der Waals surface area contributed by atoms with Crippen LogP contribution in [0.1, 0.15) is 52.1 Å². The van der Waals surface area contributed by atoms with Gasteiger partial charge in [0.2, 0.25) is 0 Å². The van der Waals surface area contributed by atoms with Crippen LogP contribution in [0.15, 0.2) is 12.1 Å². The van der Waals surface area contributed by atoms with Gasteiger partial charge in [0, 0.05) is 17.7 Å². The lowest BCUT2D eigenvalue weighted by molar-refractivity contribution is 0.305. The van der Waals surface area contributed by atoms with Crippen molar-refractivity contribution in [2.24, 2.45) is 5.41 Å². The number of rotatable bonds is 5. The zero-order valence-corrected chi connectivity index (χ0v) is 12.0. The molecule has 0 fully saturated rings. The summed E-state index contributed by atoms with van der Waals surface area (Å²) in [4.78, 5) is 0. The van der Waals surface area contributed by atoms with Crippen LogP contribution in [0.5, 0.6) is 0 Å². The molecule has 0 amide bonds. The molecule has 1 N–H and O–H groups in total. The highest BCUT2D eigenvalue weighted by atomic mass is 19.2. The molecule has 0 spiro atoms. The van der Waals surface area contributed by atoms with Crippen LogP contribution in [0.3, 0.4) is 0 Å². The molecule has 0 aliphatic heterocycles. The van der Waals surface area contributed by atoms with Crippen LogP contribution in [0.4, 0.5) is 13.2 Å². The predicted octanol–water partition coefficient (Wildman–Crippen LogP) is 4.58. The first kappa shape index (κ1) is 16.0. The molecule has 19 heavy (non-hydrogen) atoms. The smallest absolute Gasteiger partial charge is 0.161 e. The first-order valence-corrected chi connectivity index (χ1v) is 6.62. The van der Waals surface area contributed by atoms with E-state index in [1.165, 1.54) is 0 Å². The van der Waals surface area contributed by atoms with Gasteiger partial charge < -0.3 is 5.32 Å². The Hall–Kier alpha value is -1.03. The van der Waals surface area contributed by atoms with Crippen LogP contribution in [-0.4, -0.2) is 6.54 Å². The van der Waals surface area contributed by atoms with Crippen molar-refractivity contribution in [3.63, 3.8) is 0 Å². The van der Waals surface area contributed by atoms with Crippen LogP contribution in [0.25, 0.3) is 0 Å². The summed E-state index contributed by atoms with van der Waals surface area (Å²) in [6, 6.07) is 1.27. The van der Waals surface area contributed by atoms with E-state index in [0.29, 0.717) is 19.0 Å². The normalized spacial score (nSPS) is 13.6. The molecule has 0 saturated carbocycles. The van der Waals surface area contributed by atoms with Crippen molar-refractivity contribution >= 4 is 0 Å². The van der Waals surface area contributed by atoms with Gasteiger partial charge in [-0.05, 0) is 30.9 Å². The Balaban J connectivity index is 3.06. The van der Waals surface area contributed by atoms with E-state index in [9.17, 15) is 13.2 Å². The van der Waals surface area contributed by atoms with Gasteiger partial charge in [-0.25, -0.2) is 13.2 Å². The highest BCUT2D eigenvalue weighted by Gasteiger charge is 2.23. The largest absolute Gasteiger partial charge is 0.310 e. The fourth-order valence-electron chi connectivity index (χ4n) is 2.03. The maximum Gasteiger partial charge on any atom is 0.161 e. The number of nitrogens with one attached hydrogen (secondary N) is 1. The van der Waals surface area contributed by atoms with Crippen molar-refractivity contribution in [1.82, 2.24) is 5.32 Å². The van der Waals surface area contributed by atoms with Gasteiger partial charge in [-0.15, -0.1) is 0 Å². The van der Waals surface area contributed by atoms with E-state index in [1.807, 2.05) is 27.7 Å². The van der Waals surface area contributed by atoms with Crippen LogP contribution < -0.4 is 5.32 Å². The Morgan fingerprint density at radius 3 is 2.16 bits per heavy atom. The molecular formula is C15H22F3N. The van der Waals surface area contributed by atoms with Gasteiger partial charge in [-0.1, -0.05) is 27.7 Å². The molecule has 0 heterocycles. The number of benzene rings is 1. The molecule has 0 saturated heterocycles. The van der Waals surface area contributed by atoms with E-state index in [4.69, 9.17) is 0 Å². The first-order chi connectivity index (χ1) is 8.74. The summed E-state index contributed by atoms with van der Waals surface area (Å²) in [6.07, 6.45) is 1.54. The summed E-state index contributed by atoms with van der Waals surface area (Å²) in [5.41, 5.74) is 0.158. The van der Waals surface area contributed by atoms with Gasteiger partial charge in [0.05, 0.1) is 0 Å². The van der Waals surface area contributed by atoms with Crippen LogP contribution in [0.2, 0.25) is 0 Å². The molecular weight excluding hydrogens is 251 g/mol. The summed E-state index contributed by atoms with van der Waals surface area (Å²) in [7, 11) is 0. The average molecular weight is 273 g/mol. The zero-order valence-electron chi connectivity index (χ0n) is 12.0. The summed E-state index contributed by atoms with van der Waals surface area (Å²) in [6.45, 7) is 8.81. The molecule has 1 aromatic rings. The quantitative estimate of drug-likeness (QED) is 0.774. The molecule has 108 valence electrons. The van der Waals surface area contributed by atoms with E-state index >= 15 is 0 Å². The van der Waals surface area contributed by atoms with Gasteiger partial charge in [0.1, 0.15) is 5.82 Å². The monoisotopic (exact) mass is 273 g/mol. The van der Waals surface area contributed by atoms with Crippen molar-refractivity contribution in [1.29, 1.82) is 0 Å². The third kappa shape index (κ3) is 4.86. The second-order valence-electron chi connectivity index (χ2n) is 6.06. The zero-order chi connectivity index (χ0) is 14.6. The Morgan fingerprint density at radius 2 is 1.63 bits per heavy atom. The second kappa shape index (κ2) is 6.42. The van der Waals surface area contributed by atoms with Crippen LogP contribution in [-0.2, 0) is 0 Å². The lowest BCUT2D eigenvalue weighted by Crippen LogP contribution is -2.27. The fourth-order valence-corrected chi connectivity index (χ4v) is 2.03. The molecule has 0 aliphatic rings. The van der Waals surface area contributed by atoms with Gasteiger partial charge in [0.15, 0.2) is 11.6 Å². The summed E-state index contributed by atoms with van der Waals surface area (Å²) in [5, 5.41) is 3.20. The van der Waals surface area contributed by atoms with Gasteiger partial charge in [-0.2, -0.15) is 0 Å². The van der Waals surface area contributed by atoms with Crippen LogP contribution >= 0.6 is 0 Å². The average Bonchev–Trinajstić information content (AvgIpc) is 2.28. The molecule has 1 atom stereocenters. The minimum atomic E-state index is -1.15. The maximum atomic E-state index is 13.8. The highest BCUT2D eigenvalue weighted by molar-refractivity contribution is 5.23. The first-order valence-electron chi connectivity index (χ1n) is 6.62. The topological polar surface area (TPSA) is 12.0 Å². The minimum absolute atomic E-state index is 0.0390. The van der Waals surface area contributed by atoms with E-state index in [1.54, 1.807) is 0 Å². The minimum Gasteiger partial charge on any atom is -0.310 e. The standard InChI is InChI=1S/C15H22F3N/c1-5-6-19-14(9-15(2,3)4)10-7-12(17)13(18)8-11(10)16/h7-8,14,19H,5-6,9H2,1-4H3. The van der Waals surface area contributed by atoms with Gasteiger partial charge in [0.25, 0.3) is 0 Å². The third-order valence-electron chi connectivity index (χ3n) is 2.87. The molecule has 0 radical (unpaired) electrons. The molecule has 1 nitrogen and oxygen atoms in total. The van der Waals surface area contributed by atoms with Crippen LogP contribution in [0, 0.1) is 22.9 Å². The van der Waals surface area contributed by atoms with E-state index in [-0.39, 0.29) is 17.0 Å². The molecule has 1 unspecified atom stereocenters. The van der Waals surface area contributed by atoms with Crippen molar-refractivity contribution in [2.75, 3.05) is 6.54 Å². The van der Waals surface area contributed by atoms with Gasteiger partial charge >= 0.3 is 0 Å². The number of hydrogen-bond donors (Lipinski definition) is 1. The number of halogens is 3. The maximum absolute atomic E-state index is 13.8. The highest BCUT2D eigenvalue weighted by Crippen LogP contribution is 2.31. The van der Waals surface area contributed by atoms with Crippen molar-refractivity contribution in [3.05, 3.63) is 35.1 Å². The lowest BCUT2D eigenvalue weighted by atomic mass is 9.85. The third-order valence-corrected chi connectivity index (χ3v) is 2.87.